The second kappa shape index (κ2) is 15.6. The zero-order valence-corrected chi connectivity index (χ0v) is 23.5. The van der Waals surface area contributed by atoms with E-state index in [4.69, 9.17) is 33.2 Å². The van der Waals surface area contributed by atoms with Crippen LogP contribution in [0.5, 0.6) is 0 Å². The molecule has 0 radical (unpaired) electrons. The molecule has 264 valence electrons. The fourth-order valence-corrected chi connectivity index (χ4v) is 5.32. The number of aliphatic hydroxyl groups is 14. The molecule has 4 rings (SSSR count). The highest BCUT2D eigenvalue weighted by Gasteiger charge is 2.52. The zero-order valence-electron chi connectivity index (χ0n) is 23.5. The molecule has 0 aliphatic carbocycles. The predicted octanol–water partition coefficient (Wildman–Crippen LogP) is -9.75. The van der Waals surface area contributed by atoms with Crippen LogP contribution in [0.2, 0.25) is 0 Å². The summed E-state index contributed by atoms with van der Waals surface area (Å²) in [6, 6.07) is 0. The van der Waals surface area contributed by atoms with Gasteiger partial charge in [0, 0.05) is 0 Å². The Morgan fingerprint density at radius 1 is 0.378 bits per heavy atom. The van der Waals surface area contributed by atoms with E-state index in [1.54, 1.807) is 0 Å². The third-order valence-electron chi connectivity index (χ3n) is 8.17. The summed E-state index contributed by atoms with van der Waals surface area (Å²) in [6.07, 6.45) is -34.6. The van der Waals surface area contributed by atoms with Gasteiger partial charge in [-0.3, -0.25) is 0 Å². The predicted molar refractivity (Wildman–Crippen MR) is 134 cm³/mol. The normalized spacial score (nSPS) is 52.9. The largest absolute Gasteiger partial charge is 0.394 e. The van der Waals surface area contributed by atoms with Crippen LogP contribution in [0.15, 0.2) is 0 Å². The van der Waals surface area contributed by atoms with Crippen molar-refractivity contribution in [3.63, 3.8) is 0 Å². The lowest BCUT2D eigenvalue weighted by atomic mass is 9.97. The minimum absolute atomic E-state index is 0.645. The summed E-state index contributed by atoms with van der Waals surface area (Å²) in [5.41, 5.74) is 0. The number of aliphatic hydroxyl groups excluding tert-OH is 14. The minimum atomic E-state index is -1.96. The molecule has 0 aromatic rings. The van der Waals surface area contributed by atoms with E-state index >= 15 is 0 Å². The second-order valence-corrected chi connectivity index (χ2v) is 11.2. The van der Waals surface area contributed by atoms with Gasteiger partial charge < -0.3 is 105 Å². The maximum absolute atomic E-state index is 10.5. The Labute approximate surface area is 254 Å². The molecule has 4 heterocycles. The van der Waals surface area contributed by atoms with E-state index in [2.05, 4.69) is 0 Å². The molecule has 21 heteroatoms. The van der Waals surface area contributed by atoms with Crippen molar-refractivity contribution in [2.24, 2.45) is 0 Å². The van der Waals surface area contributed by atoms with Crippen LogP contribution in [0.4, 0.5) is 0 Å². The Hall–Kier alpha value is -0.840. The molecule has 0 spiro atoms. The summed E-state index contributed by atoms with van der Waals surface area (Å²) in [5, 5.41) is 141. The fraction of sp³-hybridized carbons (Fsp3) is 1.00. The van der Waals surface area contributed by atoms with Gasteiger partial charge in [0.1, 0.15) is 97.7 Å². The summed E-state index contributed by atoms with van der Waals surface area (Å²) >= 11 is 0. The molecule has 14 N–H and O–H groups in total. The Kier molecular flexibility index (Phi) is 12.8. The molecule has 4 aliphatic rings. The Bertz CT molecular complexity index is 916. The lowest BCUT2D eigenvalue weighted by molar-refractivity contribution is -0.368. The van der Waals surface area contributed by atoms with Gasteiger partial charge in [-0.2, -0.15) is 0 Å². The fourth-order valence-electron chi connectivity index (χ4n) is 5.32. The number of ether oxygens (including phenoxy) is 7. The third kappa shape index (κ3) is 7.75. The van der Waals surface area contributed by atoms with Crippen LogP contribution in [-0.2, 0) is 33.2 Å². The number of hydrogen-bond donors (Lipinski definition) is 14. The Morgan fingerprint density at radius 3 is 1.20 bits per heavy atom. The van der Waals surface area contributed by atoms with Crippen molar-refractivity contribution in [2.75, 3.05) is 26.4 Å². The van der Waals surface area contributed by atoms with E-state index in [1.807, 2.05) is 0 Å². The molecule has 20 atom stereocenters. The van der Waals surface area contributed by atoms with Gasteiger partial charge in [-0.25, -0.2) is 0 Å². The number of rotatable bonds is 10. The van der Waals surface area contributed by atoms with Crippen LogP contribution in [0, 0.1) is 0 Å². The summed E-state index contributed by atoms with van der Waals surface area (Å²) in [4.78, 5) is 0. The van der Waals surface area contributed by atoms with Crippen molar-refractivity contribution < 1.29 is 105 Å². The highest BCUT2D eigenvalue weighted by atomic mass is 16.8. The first kappa shape index (κ1) is 37.0. The van der Waals surface area contributed by atoms with Crippen LogP contribution in [0.25, 0.3) is 0 Å². The molecule has 0 aromatic heterocycles. The second-order valence-electron chi connectivity index (χ2n) is 11.2. The lowest BCUT2D eigenvalue weighted by Crippen LogP contribution is -2.65. The van der Waals surface area contributed by atoms with Gasteiger partial charge in [0.2, 0.25) is 0 Å². The molecule has 4 aliphatic heterocycles. The van der Waals surface area contributed by atoms with E-state index in [0.29, 0.717) is 0 Å². The van der Waals surface area contributed by atoms with Gasteiger partial charge in [0.25, 0.3) is 0 Å². The van der Waals surface area contributed by atoms with Gasteiger partial charge in [0.15, 0.2) is 25.2 Å². The highest BCUT2D eigenvalue weighted by molar-refractivity contribution is 4.95. The molecule has 4 fully saturated rings. The average molecular weight is 667 g/mol. The van der Waals surface area contributed by atoms with Crippen molar-refractivity contribution in [1.29, 1.82) is 0 Å². The highest BCUT2D eigenvalue weighted by Crippen LogP contribution is 2.30. The smallest absolute Gasteiger partial charge is 0.187 e. The van der Waals surface area contributed by atoms with Crippen molar-refractivity contribution in [1.82, 2.24) is 0 Å². The molecule has 0 aromatic carbocycles. The summed E-state index contributed by atoms with van der Waals surface area (Å²) in [5.74, 6) is 0. The van der Waals surface area contributed by atoms with Crippen molar-refractivity contribution in [3.8, 4) is 0 Å². The van der Waals surface area contributed by atoms with Crippen LogP contribution in [0.3, 0.4) is 0 Å². The van der Waals surface area contributed by atoms with E-state index in [9.17, 15) is 71.5 Å². The van der Waals surface area contributed by atoms with Crippen molar-refractivity contribution >= 4 is 0 Å². The molecule has 45 heavy (non-hydrogen) atoms. The van der Waals surface area contributed by atoms with E-state index in [0.717, 1.165) is 0 Å². The van der Waals surface area contributed by atoms with Crippen LogP contribution < -0.4 is 0 Å². The molecule has 0 saturated carbocycles. The van der Waals surface area contributed by atoms with E-state index < -0.39 is 149 Å². The zero-order chi connectivity index (χ0) is 33.3. The summed E-state index contributed by atoms with van der Waals surface area (Å²) < 4.78 is 37.2. The van der Waals surface area contributed by atoms with Gasteiger partial charge >= 0.3 is 0 Å². The molecule has 4 saturated heterocycles. The SMILES string of the molecule is OC[C@H]1O[C@H](OC[C@H]2O[C@H](OC[C@H]3O[C@H](O[C@@H]4[C@@H](O)[C@H](O)[C@@H](CO)O[C@@H]4O)[C@H](O)[C@@H](O)[C@@H]3O)[C@H](O)[C@@H](O)[C@@H]2O)[C@H](O)[C@@H](O)[C@@H]1O. The third-order valence-corrected chi connectivity index (χ3v) is 8.17. The van der Waals surface area contributed by atoms with Gasteiger partial charge in [0.05, 0.1) is 26.4 Å². The van der Waals surface area contributed by atoms with Gasteiger partial charge in [-0.1, -0.05) is 0 Å². The molecular weight excluding hydrogens is 624 g/mol. The van der Waals surface area contributed by atoms with Crippen molar-refractivity contribution in [3.05, 3.63) is 0 Å². The van der Waals surface area contributed by atoms with Crippen molar-refractivity contribution in [2.45, 2.75) is 123 Å². The van der Waals surface area contributed by atoms with E-state index in [1.165, 1.54) is 0 Å². The first-order valence-corrected chi connectivity index (χ1v) is 14.1. The maximum atomic E-state index is 10.5. The first-order chi connectivity index (χ1) is 21.2. The first-order valence-electron chi connectivity index (χ1n) is 14.1. The molecular formula is C24H42O21. The lowest BCUT2D eigenvalue weighted by Gasteiger charge is -2.45. The topological polar surface area (TPSA) is 348 Å². The molecule has 0 amide bonds. The quantitative estimate of drug-likeness (QED) is 0.103. The Morgan fingerprint density at radius 2 is 0.733 bits per heavy atom. The minimum Gasteiger partial charge on any atom is -0.394 e. The average Bonchev–Trinajstić information content (AvgIpc) is 3.02. The summed E-state index contributed by atoms with van der Waals surface area (Å²) in [6.45, 7) is -2.86. The van der Waals surface area contributed by atoms with Gasteiger partial charge in [-0.15, -0.1) is 0 Å². The van der Waals surface area contributed by atoms with Gasteiger partial charge in [-0.05, 0) is 0 Å². The van der Waals surface area contributed by atoms with E-state index in [-0.39, 0.29) is 0 Å². The maximum Gasteiger partial charge on any atom is 0.187 e. The standard InChI is InChI=1S/C24H42O21/c25-1-5-10(28)16(34)20(21(38)41-5)45-24-19(37)15(33)12(30)8(44-24)4-40-23-18(36)14(32)11(29)7(43-23)3-39-22-17(35)13(31)9(27)6(2-26)42-22/h5-38H,1-4H2/t5-,6-,7-,8-,9-,10-,11-,12-,13+,14+,15+,16+,17-,18-,19-,20-,21+,22+,23+,24-/m1/s1. The molecule has 0 bridgehead atoms. The number of hydrogen-bond acceptors (Lipinski definition) is 21. The monoisotopic (exact) mass is 666 g/mol. The molecule has 0 unspecified atom stereocenters. The van der Waals surface area contributed by atoms with Crippen LogP contribution in [0.1, 0.15) is 0 Å². The molecule has 21 nitrogen and oxygen atoms in total. The Balaban J connectivity index is 1.36. The van der Waals surface area contributed by atoms with Crippen LogP contribution >= 0.6 is 0 Å². The van der Waals surface area contributed by atoms with Crippen LogP contribution in [-0.4, -0.2) is 221 Å². The summed E-state index contributed by atoms with van der Waals surface area (Å²) in [7, 11) is 0.